The van der Waals surface area contributed by atoms with E-state index in [0.29, 0.717) is 6.54 Å². The topological polar surface area (TPSA) is 45.3 Å². The first-order chi connectivity index (χ1) is 10.4. The van der Waals surface area contributed by atoms with Crippen LogP contribution in [0, 0.1) is 0 Å². The molecule has 1 aromatic carbocycles. The van der Waals surface area contributed by atoms with E-state index >= 15 is 0 Å². The highest BCUT2D eigenvalue weighted by atomic mass is 16.6. The molecule has 4 heteroatoms. The Morgan fingerprint density at radius 3 is 2.86 bits per heavy atom. The summed E-state index contributed by atoms with van der Waals surface area (Å²) in [6.07, 6.45) is 6.64. The summed E-state index contributed by atoms with van der Waals surface area (Å²) in [5, 5.41) is 1.18. The second-order valence-electron chi connectivity index (χ2n) is 6.68. The lowest BCUT2D eigenvalue weighted by Gasteiger charge is -2.34. The summed E-state index contributed by atoms with van der Waals surface area (Å²) >= 11 is 0. The van der Waals surface area contributed by atoms with Crippen molar-refractivity contribution in [2.24, 2.45) is 0 Å². The third kappa shape index (κ3) is 3.01. The van der Waals surface area contributed by atoms with Gasteiger partial charge >= 0.3 is 6.09 Å². The Morgan fingerprint density at radius 1 is 1.27 bits per heavy atom. The average Bonchev–Trinajstić information content (AvgIpc) is 2.92. The molecule has 0 aliphatic carbocycles. The second kappa shape index (κ2) is 5.52. The molecular formula is C18H22N2O2. The van der Waals surface area contributed by atoms with Crippen molar-refractivity contribution in [2.45, 2.75) is 38.8 Å². The zero-order chi connectivity index (χ0) is 15.7. The smallest absolute Gasteiger partial charge is 0.411 e. The summed E-state index contributed by atoms with van der Waals surface area (Å²) in [6, 6.07) is 8.37. The highest BCUT2D eigenvalue weighted by Crippen LogP contribution is 2.31. The summed E-state index contributed by atoms with van der Waals surface area (Å²) in [5.41, 5.74) is 1.74. The molecule has 2 heterocycles. The van der Waals surface area contributed by atoms with Crippen LogP contribution in [0.2, 0.25) is 0 Å². The van der Waals surface area contributed by atoms with Crippen LogP contribution in [0.5, 0.6) is 0 Å². The zero-order valence-corrected chi connectivity index (χ0v) is 13.3. The van der Waals surface area contributed by atoms with Crippen LogP contribution < -0.4 is 0 Å². The van der Waals surface area contributed by atoms with Crippen LogP contribution in [-0.2, 0) is 4.74 Å². The summed E-state index contributed by atoms with van der Waals surface area (Å²) < 4.78 is 5.55. The first-order valence-electron chi connectivity index (χ1n) is 7.66. The van der Waals surface area contributed by atoms with Gasteiger partial charge in [-0.3, -0.25) is 4.90 Å². The molecule has 4 nitrogen and oxygen atoms in total. The molecule has 0 bridgehead atoms. The van der Waals surface area contributed by atoms with Crippen LogP contribution in [0.4, 0.5) is 4.79 Å². The van der Waals surface area contributed by atoms with Crippen molar-refractivity contribution in [3.05, 3.63) is 48.2 Å². The highest BCUT2D eigenvalue weighted by molar-refractivity contribution is 5.80. The molecule has 0 saturated heterocycles. The molecule has 0 spiro atoms. The molecular weight excluding hydrogens is 276 g/mol. The van der Waals surface area contributed by atoms with Gasteiger partial charge in [0.05, 0.1) is 6.04 Å². The number of amides is 1. The van der Waals surface area contributed by atoms with Crippen molar-refractivity contribution in [1.82, 2.24) is 9.88 Å². The molecule has 1 atom stereocenters. The van der Waals surface area contributed by atoms with E-state index in [1.54, 1.807) is 4.90 Å². The molecule has 116 valence electrons. The summed E-state index contributed by atoms with van der Waals surface area (Å²) in [4.78, 5) is 17.5. The number of aromatic nitrogens is 1. The Hall–Kier alpha value is -2.23. The fourth-order valence-corrected chi connectivity index (χ4v) is 2.78. The number of aromatic amines is 1. The first kappa shape index (κ1) is 14.7. The van der Waals surface area contributed by atoms with Crippen LogP contribution in [0.1, 0.15) is 38.8 Å². The van der Waals surface area contributed by atoms with E-state index < -0.39 is 5.60 Å². The summed E-state index contributed by atoms with van der Waals surface area (Å²) in [5.74, 6) is 0. The Bertz CT molecular complexity index is 709. The number of nitrogens with one attached hydrogen (secondary N) is 1. The largest absolute Gasteiger partial charge is 0.444 e. The van der Waals surface area contributed by atoms with Gasteiger partial charge in [0.1, 0.15) is 5.60 Å². The fourth-order valence-electron chi connectivity index (χ4n) is 2.78. The Balaban J connectivity index is 1.89. The monoisotopic (exact) mass is 298 g/mol. The SMILES string of the molecule is CC(C)(C)OC(=O)N1CC=CCC1c1ccc2cc[nH]c2c1. The number of hydrogen-bond acceptors (Lipinski definition) is 2. The summed E-state index contributed by atoms with van der Waals surface area (Å²) in [6.45, 7) is 6.27. The van der Waals surface area contributed by atoms with Crippen molar-refractivity contribution >= 4 is 17.0 Å². The number of carbonyl (C=O) groups excluding carboxylic acids is 1. The molecule has 1 aromatic heterocycles. The van der Waals surface area contributed by atoms with Crippen molar-refractivity contribution in [1.29, 1.82) is 0 Å². The van der Waals surface area contributed by atoms with Gasteiger partial charge in [-0.1, -0.05) is 24.3 Å². The average molecular weight is 298 g/mol. The van der Waals surface area contributed by atoms with Crippen molar-refractivity contribution in [2.75, 3.05) is 6.54 Å². The maximum Gasteiger partial charge on any atom is 0.411 e. The number of carbonyl (C=O) groups is 1. The molecule has 1 N–H and O–H groups in total. The number of rotatable bonds is 1. The van der Waals surface area contributed by atoms with Gasteiger partial charge in [0.2, 0.25) is 0 Å². The fraction of sp³-hybridized carbons (Fsp3) is 0.389. The van der Waals surface area contributed by atoms with E-state index in [-0.39, 0.29) is 12.1 Å². The van der Waals surface area contributed by atoms with Crippen LogP contribution in [0.25, 0.3) is 10.9 Å². The lowest BCUT2D eigenvalue weighted by molar-refractivity contribution is 0.0176. The van der Waals surface area contributed by atoms with Gasteiger partial charge in [-0.2, -0.15) is 0 Å². The quantitative estimate of drug-likeness (QED) is 0.793. The van der Waals surface area contributed by atoms with Gasteiger partial charge in [0.25, 0.3) is 0 Å². The van der Waals surface area contributed by atoms with Gasteiger partial charge in [0.15, 0.2) is 0 Å². The number of nitrogens with zero attached hydrogens (tertiary/aromatic N) is 1. The van der Waals surface area contributed by atoms with Gasteiger partial charge in [-0.15, -0.1) is 0 Å². The van der Waals surface area contributed by atoms with E-state index in [4.69, 9.17) is 4.74 Å². The van der Waals surface area contributed by atoms with Crippen molar-refractivity contribution in [3.63, 3.8) is 0 Å². The van der Waals surface area contributed by atoms with E-state index in [1.807, 2.05) is 39.1 Å². The number of benzene rings is 1. The number of ether oxygens (including phenoxy) is 1. The van der Waals surface area contributed by atoms with Gasteiger partial charge in [-0.05, 0) is 50.3 Å². The third-order valence-corrected chi connectivity index (χ3v) is 3.80. The van der Waals surface area contributed by atoms with Crippen LogP contribution >= 0.6 is 0 Å². The number of hydrogen-bond donors (Lipinski definition) is 1. The molecule has 1 unspecified atom stereocenters. The predicted octanol–water partition coefficient (Wildman–Crippen LogP) is 4.41. The molecule has 1 aliphatic heterocycles. The van der Waals surface area contributed by atoms with E-state index in [9.17, 15) is 4.79 Å². The molecule has 2 aromatic rings. The lowest BCUT2D eigenvalue weighted by Crippen LogP contribution is -2.40. The molecule has 1 amide bonds. The molecule has 0 fully saturated rings. The molecule has 0 saturated carbocycles. The van der Waals surface area contributed by atoms with Gasteiger partial charge in [-0.25, -0.2) is 4.79 Å². The van der Waals surface area contributed by atoms with Crippen LogP contribution in [0.3, 0.4) is 0 Å². The predicted molar refractivity (Wildman–Crippen MR) is 87.7 cm³/mol. The van der Waals surface area contributed by atoms with Crippen molar-refractivity contribution < 1.29 is 9.53 Å². The maximum absolute atomic E-state index is 12.5. The molecule has 3 rings (SSSR count). The first-order valence-corrected chi connectivity index (χ1v) is 7.66. The standard InChI is InChI=1S/C18H22N2O2/c1-18(2,3)22-17(21)20-11-5-4-6-16(20)14-8-7-13-9-10-19-15(13)12-14/h4-5,7-10,12,16,19H,6,11H2,1-3H3. The van der Waals surface area contributed by atoms with E-state index in [0.717, 1.165) is 17.5 Å². The number of H-pyrrole nitrogens is 1. The lowest BCUT2D eigenvalue weighted by atomic mass is 9.98. The minimum Gasteiger partial charge on any atom is -0.444 e. The highest BCUT2D eigenvalue weighted by Gasteiger charge is 2.29. The molecule has 1 aliphatic rings. The van der Waals surface area contributed by atoms with E-state index in [2.05, 4.69) is 29.3 Å². The second-order valence-corrected chi connectivity index (χ2v) is 6.68. The Kier molecular flexibility index (Phi) is 3.69. The zero-order valence-electron chi connectivity index (χ0n) is 13.3. The van der Waals surface area contributed by atoms with E-state index in [1.165, 1.54) is 5.39 Å². The molecule has 22 heavy (non-hydrogen) atoms. The third-order valence-electron chi connectivity index (χ3n) is 3.80. The van der Waals surface area contributed by atoms with Gasteiger partial charge in [0, 0.05) is 18.3 Å². The summed E-state index contributed by atoms with van der Waals surface area (Å²) in [7, 11) is 0. The minimum atomic E-state index is -0.480. The van der Waals surface area contributed by atoms with Crippen LogP contribution in [0.15, 0.2) is 42.6 Å². The van der Waals surface area contributed by atoms with Crippen molar-refractivity contribution in [3.8, 4) is 0 Å². The Morgan fingerprint density at radius 2 is 2.09 bits per heavy atom. The van der Waals surface area contributed by atoms with Gasteiger partial charge < -0.3 is 9.72 Å². The van der Waals surface area contributed by atoms with Crippen LogP contribution in [-0.4, -0.2) is 28.1 Å². The Labute approximate surface area is 130 Å². The minimum absolute atomic E-state index is 0.0209. The molecule has 0 radical (unpaired) electrons. The normalized spacial score (nSPS) is 18.7. The maximum atomic E-state index is 12.5. The number of fused-ring (bicyclic) bond motifs is 1.